The van der Waals surface area contributed by atoms with E-state index in [-0.39, 0.29) is 28.3 Å². The fourth-order valence-corrected chi connectivity index (χ4v) is 6.16. The largest absolute Gasteiger partial charge is 0.384 e. The minimum absolute atomic E-state index is 0.0578. The zero-order valence-corrected chi connectivity index (χ0v) is 21.4. The molecule has 2 heterocycles. The zero-order valence-electron chi connectivity index (χ0n) is 18.3. The molecule has 0 fully saturated rings. The van der Waals surface area contributed by atoms with Crippen molar-refractivity contribution in [2.45, 2.75) is 36.9 Å². The van der Waals surface area contributed by atoms with Gasteiger partial charge in [0.2, 0.25) is 11.0 Å². The molecule has 0 bridgehead atoms. The number of allylic oxidation sites excluding steroid dienone is 3. The van der Waals surface area contributed by atoms with Gasteiger partial charge in [0.25, 0.3) is 0 Å². The number of Topliss-reactive ketones (excluding diaryl/α,β-unsaturated/α-hetero) is 1. The van der Waals surface area contributed by atoms with Crippen molar-refractivity contribution in [2.75, 3.05) is 10.7 Å². The van der Waals surface area contributed by atoms with Crippen molar-refractivity contribution in [2.24, 2.45) is 16.9 Å². The van der Waals surface area contributed by atoms with Crippen molar-refractivity contribution >= 4 is 63.1 Å². The normalized spacial score (nSPS) is 19.8. The van der Waals surface area contributed by atoms with Gasteiger partial charge < -0.3 is 11.5 Å². The summed E-state index contributed by atoms with van der Waals surface area (Å²) in [5.74, 6) is -0.987. The Labute approximate surface area is 214 Å². The van der Waals surface area contributed by atoms with Crippen molar-refractivity contribution in [3.8, 4) is 6.07 Å². The number of halogens is 2. The summed E-state index contributed by atoms with van der Waals surface area (Å²) in [4.78, 5) is 26.3. The number of nitriles is 1. The SMILES string of the molecule is CC1(C)CC(=O)C2=C(C1)N(c1nnc(SCC(N)=O)s1)C(N)=C(C#N)C2c1ccc(Cl)c(Cl)c1. The summed E-state index contributed by atoms with van der Waals surface area (Å²) in [6.07, 6.45) is 0.862. The van der Waals surface area contributed by atoms with E-state index in [1.807, 2.05) is 13.8 Å². The minimum Gasteiger partial charge on any atom is -0.384 e. The molecule has 34 heavy (non-hydrogen) atoms. The number of benzene rings is 1. The summed E-state index contributed by atoms with van der Waals surface area (Å²) >= 11 is 14.7. The van der Waals surface area contributed by atoms with Gasteiger partial charge in [0.1, 0.15) is 5.82 Å². The Morgan fingerprint density at radius 2 is 2.06 bits per heavy atom. The van der Waals surface area contributed by atoms with E-state index in [4.69, 9.17) is 34.7 Å². The van der Waals surface area contributed by atoms with Gasteiger partial charge in [0.15, 0.2) is 10.1 Å². The second kappa shape index (κ2) is 9.23. The van der Waals surface area contributed by atoms with E-state index in [1.54, 1.807) is 23.1 Å². The van der Waals surface area contributed by atoms with Crippen LogP contribution in [0.15, 0.2) is 45.2 Å². The third-order valence-corrected chi connectivity index (χ3v) is 8.39. The molecule has 0 spiro atoms. The summed E-state index contributed by atoms with van der Waals surface area (Å²) in [6, 6.07) is 7.25. The lowest BCUT2D eigenvalue weighted by Gasteiger charge is -2.42. The van der Waals surface area contributed by atoms with E-state index in [2.05, 4.69) is 16.3 Å². The fourth-order valence-electron chi connectivity index (χ4n) is 4.24. The number of nitrogens with zero attached hydrogens (tertiary/aromatic N) is 4. The standard InChI is InChI=1S/C22H20Cl2N6O2S2/c1-22(2)6-14-18(15(31)7-22)17(10-3-4-12(23)13(24)5-10)11(8-25)19(27)30(14)20-28-29-21(34-20)33-9-16(26)32/h3-5,17H,6-7,9,27H2,1-2H3,(H2,26,32). The fraction of sp³-hybridized carbons (Fsp3) is 0.318. The van der Waals surface area contributed by atoms with Gasteiger partial charge in [-0.05, 0) is 29.5 Å². The van der Waals surface area contributed by atoms with Gasteiger partial charge in [-0.2, -0.15) is 5.26 Å². The number of ketones is 1. The van der Waals surface area contributed by atoms with Crippen LogP contribution in [0.4, 0.5) is 5.13 Å². The highest BCUT2D eigenvalue weighted by atomic mass is 35.5. The summed E-state index contributed by atoms with van der Waals surface area (Å²) in [5.41, 5.74) is 13.5. The lowest BCUT2D eigenvalue weighted by Crippen LogP contribution is -2.42. The molecule has 1 aromatic heterocycles. The van der Waals surface area contributed by atoms with Crippen LogP contribution in [0.1, 0.15) is 38.2 Å². The number of carbonyl (C=O) groups is 2. The summed E-state index contributed by atoms with van der Waals surface area (Å²) in [6.45, 7) is 4.02. The van der Waals surface area contributed by atoms with Crippen molar-refractivity contribution < 1.29 is 9.59 Å². The summed E-state index contributed by atoms with van der Waals surface area (Å²) in [5, 5.41) is 19.6. The molecule has 2 aromatic rings. The van der Waals surface area contributed by atoms with Gasteiger partial charge >= 0.3 is 0 Å². The summed E-state index contributed by atoms with van der Waals surface area (Å²) in [7, 11) is 0. The van der Waals surface area contributed by atoms with Crippen LogP contribution in [0, 0.1) is 16.7 Å². The number of aromatic nitrogens is 2. The Morgan fingerprint density at radius 3 is 2.71 bits per heavy atom. The number of anilines is 1. The number of hydrogen-bond donors (Lipinski definition) is 2. The molecule has 1 aromatic carbocycles. The van der Waals surface area contributed by atoms with Gasteiger partial charge in [0, 0.05) is 17.7 Å². The lowest BCUT2D eigenvalue weighted by molar-refractivity contribution is -0.118. The molecule has 0 radical (unpaired) electrons. The molecule has 2 aliphatic rings. The average Bonchev–Trinajstić information content (AvgIpc) is 3.21. The maximum atomic E-state index is 13.5. The van der Waals surface area contributed by atoms with E-state index < -0.39 is 11.8 Å². The number of hydrogen-bond acceptors (Lipinski definition) is 9. The first kappa shape index (κ1) is 24.5. The highest BCUT2D eigenvalue weighted by molar-refractivity contribution is 8.01. The number of amides is 1. The first-order valence-corrected chi connectivity index (χ1v) is 12.7. The third-order valence-electron chi connectivity index (χ3n) is 5.58. The monoisotopic (exact) mass is 534 g/mol. The van der Waals surface area contributed by atoms with Crippen molar-refractivity contribution in [3.63, 3.8) is 0 Å². The van der Waals surface area contributed by atoms with Crippen molar-refractivity contribution in [1.82, 2.24) is 10.2 Å². The second-order valence-electron chi connectivity index (χ2n) is 8.76. The van der Waals surface area contributed by atoms with E-state index in [0.29, 0.717) is 49.2 Å². The molecule has 12 heteroatoms. The third kappa shape index (κ3) is 4.53. The molecule has 1 atom stereocenters. The Kier molecular flexibility index (Phi) is 6.66. The molecular weight excluding hydrogens is 515 g/mol. The van der Waals surface area contributed by atoms with Crippen LogP contribution in [0.5, 0.6) is 0 Å². The molecule has 4 rings (SSSR count). The molecule has 4 N–H and O–H groups in total. The molecule has 0 saturated heterocycles. The van der Waals surface area contributed by atoms with E-state index in [1.165, 1.54) is 11.3 Å². The molecular formula is C22H20Cl2N6O2S2. The van der Waals surface area contributed by atoms with Gasteiger partial charge in [-0.15, -0.1) is 10.2 Å². The average molecular weight is 535 g/mol. The van der Waals surface area contributed by atoms with Gasteiger partial charge in [-0.25, -0.2) is 0 Å². The Bertz CT molecular complexity index is 1310. The molecule has 0 saturated carbocycles. The molecule has 1 aliphatic heterocycles. The number of thioether (sulfide) groups is 1. The van der Waals surface area contributed by atoms with Gasteiger partial charge in [-0.3, -0.25) is 14.5 Å². The first-order chi connectivity index (χ1) is 16.0. The predicted molar refractivity (Wildman–Crippen MR) is 133 cm³/mol. The number of primary amides is 1. The molecule has 8 nitrogen and oxygen atoms in total. The van der Waals surface area contributed by atoms with Crippen LogP contribution in [-0.4, -0.2) is 27.6 Å². The Hall–Kier alpha value is -2.58. The van der Waals surface area contributed by atoms with Crippen LogP contribution in [0.25, 0.3) is 0 Å². The van der Waals surface area contributed by atoms with Crippen LogP contribution < -0.4 is 16.4 Å². The first-order valence-electron chi connectivity index (χ1n) is 10.2. The van der Waals surface area contributed by atoms with Gasteiger partial charge in [-0.1, -0.05) is 66.2 Å². The van der Waals surface area contributed by atoms with E-state index >= 15 is 0 Å². The minimum atomic E-state index is -0.675. The van der Waals surface area contributed by atoms with E-state index in [0.717, 1.165) is 11.8 Å². The smallest absolute Gasteiger partial charge is 0.227 e. The Morgan fingerprint density at radius 1 is 1.32 bits per heavy atom. The Balaban J connectivity index is 1.90. The van der Waals surface area contributed by atoms with Crippen LogP contribution in [0.2, 0.25) is 10.0 Å². The quantitative estimate of drug-likeness (QED) is 0.539. The van der Waals surface area contributed by atoms with Crippen molar-refractivity contribution in [1.29, 1.82) is 5.26 Å². The number of rotatable bonds is 5. The lowest BCUT2D eigenvalue weighted by atomic mass is 9.69. The van der Waals surface area contributed by atoms with Crippen LogP contribution >= 0.6 is 46.3 Å². The van der Waals surface area contributed by atoms with E-state index in [9.17, 15) is 14.9 Å². The van der Waals surface area contributed by atoms with Crippen LogP contribution in [0.3, 0.4) is 0 Å². The van der Waals surface area contributed by atoms with Crippen molar-refractivity contribution in [3.05, 3.63) is 56.5 Å². The van der Waals surface area contributed by atoms with Crippen LogP contribution in [-0.2, 0) is 9.59 Å². The predicted octanol–water partition coefficient (Wildman–Crippen LogP) is 4.36. The molecule has 1 amide bonds. The summed E-state index contributed by atoms with van der Waals surface area (Å²) < 4.78 is 0.523. The maximum absolute atomic E-state index is 13.5. The number of nitrogens with two attached hydrogens (primary N) is 2. The van der Waals surface area contributed by atoms with Gasteiger partial charge in [0.05, 0.1) is 33.4 Å². The highest BCUT2D eigenvalue weighted by Gasteiger charge is 2.45. The second-order valence-corrected chi connectivity index (χ2v) is 11.8. The molecule has 1 unspecified atom stereocenters. The highest BCUT2D eigenvalue weighted by Crippen LogP contribution is 2.51. The number of carbonyl (C=O) groups excluding carboxylic acids is 2. The maximum Gasteiger partial charge on any atom is 0.227 e. The molecule has 1 aliphatic carbocycles. The zero-order chi connectivity index (χ0) is 24.8. The molecule has 176 valence electrons. The topological polar surface area (TPSA) is 139 Å².